The summed E-state index contributed by atoms with van der Waals surface area (Å²) in [6.45, 7) is 6.93. The maximum absolute atomic E-state index is 11.9. The third-order valence-corrected chi connectivity index (χ3v) is 2.23. The second kappa shape index (κ2) is 5.26. The summed E-state index contributed by atoms with van der Waals surface area (Å²) in [6.07, 6.45) is -0.645. The molecule has 1 N–H and O–H groups in total. The van der Waals surface area contributed by atoms with Gasteiger partial charge in [0.05, 0.1) is 0 Å². The fraction of sp³-hybridized carbons (Fsp3) is 0.462. The molecule has 104 valence electrons. The van der Waals surface area contributed by atoms with Crippen LogP contribution in [0.3, 0.4) is 0 Å². The number of carbonyl (C=O) groups is 2. The summed E-state index contributed by atoms with van der Waals surface area (Å²) in [5, 5.41) is 9.10. The van der Waals surface area contributed by atoms with Crippen LogP contribution in [0.5, 0.6) is 0 Å². The Balaban J connectivity index is 3.11. The van der Waals surface area contributed by atoms with E-state index in [1.165, 1.54) is 13.1 Å². The average molecular weight is 266 g/mol. The minimum atomic E-state index is -1.14. The van der Waals surface area contributed by atoms with Crippen molar-refractivity contribution < 1.29 is 19.4 Å². The molecule has 1 aromatic heterocycles. The molecule has 0 aliphatic heterocycles. The number of pyridine rings is 1. The van der Waals surface area contributed by atoms with Gasteiger partial charge in [-0.05, 0) is 39.8 Å². The minimum Gasteiger partial charge on any atom is -0.478 e. The molecule has 19 heavy (non-hydrogen) atoms. The number of carbonyl (C=O) groups excluding carboxylic acids is 1. The molecule has 0 bridgehead atoms. The topological polar surface area (TPSA) is 79.7 Å². The fourth-order valence-electron chi connectivity index (χ4n) is 1.38. The summed E-state index contributed by atoms with van der Waals surface area (Å²) in [6, 6.07) is 3.00. The number of aromatic carboxylic acids is 1. The third kappa shape index (κ3) is 3.94. The van der Waals surface area contributed by atoms with Crippen LogP contribution in [0.15, 0.2) is 12.1 Å². The van der Waals surface area contributed by atoms with E-state index in [1.807, 2.05) is 0 Å². The van der Waals surface area contributed by atoms with Gasteiger partial charge in [-0.25, -0.2) is 14.6 Å². The number of amides is 1. The van der Waals surface area contributed by atoms with E-state index in [0.29, 0.717) is 5.69 Å². The van der Waals surface area contributed by atoms with Crippen molar-refractivity contribution in [1.82, 2.24) is 4.98 Å². The predicted molar refractivity (Wildman–Crippen MR) is 70.6 cm³/mol. The van der Waals surface area contributed by atoms with Gasteiger partial charge in [-0.3, -0.25) is 4.90 Å². The number of carboxylic acid groups (broad SMARTS) is 1. The van der Waals surface area contributed by atoms with Gasteiger partial charge in [-0.2, -0.15) is 0 Å². The molecule has 0 saturated carbocycles. The molecule has 0 aliphatic carbocycles. The number of aromatic nitrogens is 1. The molecular formula is C13H18N2O4. The van der Waals surface area contributed by atoms with Crippen LogP contribution >= 0.6 is 0 Å². The highest BCUT2D eigenvalue weighted by Gasteiger charge is 2.24. The van der Waals surface area contributed by atoms with Crippen molar-refractivity contribution in [3.05, 3.63) is 23.4 Å². The highest BCUT2D eigenvalue weighted by Crippen LogP contribution is 2.20. The highest BCUT2D eigenvalue weighted by molar-refractivity contribution is 5.98. The lowest BCUT2D eigenvalue weighted by Gasteiger charge is -2.24. The first kappa shape index (κ1) is 14.9. The van der Waals surface area contributed by atoms with Crippen LogP contribution in [0, 0.1) is 6.92 Å². The quantitative estimate of drug-likeness (QED) is 0.889. The number of carboxylic acids is 1. The zero-order valence-corrected chi connectivity index (χ0v) is 11.7. The molecule has 0 radical (unpaired) electrons. The molecule has 1 aromatic rings. The van der Waals surface area contributed by atoms with E-state index in [0.717, 1.165) is 4.90 Å². The van der Waals surface area contributed by atoms with Gasteiger partial charge in [0, 0.05) is 12.7 Å². The van der Waals surface area contributed by atoms with Crippen molar-refractivity contribution in [3.8, 4) is 0 Å². The number of ether oxygens (including phenoxy) is 1. The smallest absolute Gasteiger partial charge is 0.415 e. The Morgan fingerprint density at radius 1 is 1.32 bits per heavy atom. The summed E-state index contributed by atoms with van der Waals surface area (Å²) < 4.78 is 5.18. The van der Waals surface area contributed by atoms with E-state index in [-0.39, 0.29) is 11.4 Å². The summed E-state index contributed by atoms with van der Waals surface area (Å²) in [5.41, 5.74) is -0.0761. The Labute approximate surface area is 112 Å². The van der Waals surface area contributed by atoms with E-state index in [9.17, 15) is 9.59 Å². The van der Waals surface area contributed by atoms with Gasteiger partial charge in [0.25, 0.3) is 0 Å². The molecular weight excluding hydrogens is 248 g/mol. The normalized spacial score (nSPS) is 11.0. The van der Waals surface area contributed by atoms with Crippen molar-refractivity contribution >= 4 is 17.9 Å². The zero-order chi connectivity index (χ0) is 14.8. The van der Waals surface area contributed by atoms with Gasteiger partial charge in [-0.1, -0.05) is 0 Å². The van der Waals surface area contributed by atoms with Gasteiger partial charge >= 0.3 is 12.1 Å². The van der Waals surface area contributed by atoms with Gasteiger partial charge < -0.3 is 9.84 Å². The minimum absolute atomic E-state index is 0.0426. The van der Waals surface area contributed by atoms with Crippen molar-refractivity contribution in [3.63, 3.8) is 0 Å². The lowest BCUT2D eigenvalue weighted by Crippen LogP contribution is -2.35. The molecule has 1 amide bonds. The monoisotopic (exact) mass is 266 g/mol. The molecule has 1 rings (SSSR count). The van der Waals surface area contributed by atoms with Crippen LogP contribution < -0.4 is 4.90 Å². The summed E-state index contributed by atoms with van der Waals surface area (Å²) in [4.78, 5) is 28.2. The van der Waals surface area contributed by atoms with Crippen LogP contribution in [0.2, 0.25) is 0 Å². The summed E-state index contributed by atoms with van der Waals surface area (Å²) in [7, 11) is 1.43. The molecule has 0 aliphatic rings. The standard InChI is InChI=1S/C13H18N2O4/c1-8-6-7-9(11(16)17)10(14-8)15(5)12(18)19-13(2,3)4/h6-7H,1-5H3,(H,16,17). The molecule has 0 fully saturated rings. The molecule has 6 heteroatoms. The van der Waals surface area contributed by atoms with Crippen molar-refractivity contribution in [2.24, 2.45) is 0 Å². The first-order valence-electron chi connectivity index (χ1n) is 5.79. The summed E-state index contributed by atoms with van der Waals surface area (Å²) >= 11 is 0. The Hall–Kier alpha value is -2.11. The molecule has 0 atom stereocenters. The lowest BCUT2D eigenvalue weighted by atomic mass is 10.2. The fourth-order valence-corrected chi connectivity index (χ4v) is 1.38. The van der Waals surface area contributed by atoms with Gasteiger partial charge in [-0.15, -0.1) is 0 Å². The SMILES string of the molecule is Cc1ccc(C(=O)O)c(N(C)C(=O)OC(C)(C)C)n1. The molecule has 6 nitrogen and oxygen atoms in total. The first-order chi connectivity index (χ1) is 8.61. The van der Waals surface area contributed by atoms with Crippen LogP contribution in [0.4, 0.5) is 10.6 Å². The number of rotatable bonds is 2. The first-order valence-corrected chi connectivity index (χ1v) is 5.79. The molecule has 1 heterocycles. The second-order valence-electron chi connectivity index (χ2n) is 5.17. The van der Waals surface area contributed by atoms with E-state index < -0.39 is 17.7 Å². The van der Waals surface area contributed by atoms with Crippen LogP contribution in [0.25, 0.3) is 0 Å². The van der Waals surface area contributed by atoms with Crippen molar-refractivity contribution in [2.45, 2.75) is 33.3 Å². The number of hydrogen-bond donors (Lipinski definition) is 1. The van der Waals surface area contributed by atoms with Gasteiger partial charge in [0.1, 0.15) is 11.2 Å². The third-order valence-electron chi connectivity index (χ3n) is 2.23. The van der Waals surface area contributed by atoms with E-state index in [4.69, 9.17) is 9.84 Å². The van der Waals surface area contributed by atoms with Crippen LogP contribution in [-0.2, 0) is 4.74 Å². The predicted octanol–water partition coefficient (Wildman–Crippen LogP) is 2.46. The van der Waals surface area contributed by atoms with Crippen molar-refractivity contribution in [1.29, 1.82) is 0 Å². The lowest BCUT2D eigenvalue weighted by molar-refractivity contribution is 0.0588. The van der Waals surface area contributed by atoms with E-state index in [2.05, 4.69) is 4.98 Å². The number of anilines is 1. The Morgan fingerprint density at radius 3 is 2.37 bits per heavy atom. The average Bonchev–Trinajstić information content (AvgIpc) is 2.25. The van der Waals surface area contributed by atoms with Crippen LogP contribution in [0.1, 0.15) is 36.8 Å². The number of nitrogens with zero attached hydrogens (tertiary/aromatic N) is 2. The number of hydrogen-bond acceptors (Lipinski definition) is 4. The van der Waals surface area contributed by atoms with E-state index >= 15 is 0 Å². The molecule has 0 saturated heterocycles. The maximum Gasteiger partial charge on any atom is 0.415 e. The Kier molecular flexibility index (Phi) is 4.14. The molecule has 0 aromatic carbocycles. The number of aryl methyl sites for hydroxylation is 1. The molecule has 0 spiro atoms. The van der Waals surface area contributed by atoms with Gasteiger partial charge in [0.2, 0.25) is 0 Å². The largest absolute Gasteiger partial charge is 0.478 e. The second-order valence-corrected chi connectivity index (χ2v) is 5.17. The maximum atomic E-state index is 11.9. The molecule has 0 unspecified atom stereocenters. The summed E-state index contributed by atoms with van der Waals surface area (Å²) in [5.74, 6) is -1.07. The van der Waals surface area contributed by atoms with Crippen molar-refractivity contribution in [2.75, 3.05) is 11.9 Å². The van der Waals surface area contributed by atoms with E-state index in [1.54, 1.807) is 33.8 Å². The highest BCUT2D eigenvalue weighted by atomic mass is 16.6. The van der Waals surface area contributed by atoms with Gasteiger partial charge in [0.15, 0.2) is 5.82 Å². The zero-order valence-electron chi connectivity index (χ0n) is 11.7. The Morgan fingerprint density at radius 2 is 1.89 bits per heavy atom. The van der Waals surface area contributed by atoms with Crippen LogP contribution in [-0.4, -0.2) is 34.8 Å². The Bertz CT molecular complexity index is 506.